The maximum Gasteiger partial charge on any atom is 0.0919 e. The minimum Gasteiger partial charge on any atom is -0.326 e. The third-order valence-electron chi connectivity index (χ3n) is 3.23. The van der Waals surface area contributed by atoms with Crippen LogP contribution < -0.4 is 5.73 Å². The van der Waals surface area contributed by atoms with Crippen LogP contribution in [0.1, 0.15) is 30.6 Å². The second-order valence-electron chi connectivity index (χ2n) is 4.61. The largest absolute Gasteiger partial charge is 0.326 e. The summed E-state index contributed by atoms with van der Waals surface area (Å²) in [6.45, 7) is 3.98. The molecule has 2 unspecified atom stereocenters. The Bertz CT molecular complexity index is 531. The fourth-order valence-corrected chi connectivity index (χ4v) is 2.48. The molecule has 0 bridgehead atoms. The van der Waals surface area contributed by atoms with E-state index in [1.54, 1.807) is 0 Å². The van der Waals surface area contributed by atoms with Gasteiger partial charge in [-0.3, -0.25) is 4.68 Å². The van der Waals surface area contributed by atoms with Crippen molar-refractivity contribution in [1.82, 2.24) is 9.78 Å². The SMILES string of the molecule is CCC(N)C(c1ccc(Br)cc1)n1cc(Cl)c(C)n1. The topological polar surface area (TPSA) is 43.8 Å². The fraction of sp³-hybridized carbons (Fsp3) is 0.357. The normalized spacial score (nSPS) is 14.4. The molecular weight excluding hydrogens is 326 g/mol. The summed E-state index contributed by atoms with van der Waals surface area (Å²) in [5, 5.41) is 5.14. The van der Waals surface area contributed by atoms with Crippen LogP contribution >= 0.6 is 27.5 Å². The van der Waals surface area contributed by atoms with Crippen LogP contribution in [-0.4, -0.2) is 15.8 Å². The Kier molecular flexibility index (Phi) is 4.66. The highest BCUT2D eigenvalue weighted by atomic mass is 79.9. The van der Waals surface area contributed by atoms with Crippen molar-refractivity contribution in [1.29, 1.82) is 0 Å². The number of halogens is 2. The van der Waals surface area contributed by atoms with Crippen LogP contribution in [0.2, 0.25) is 5.02 Å². The van der Waals surface area contributed by atoms with E-state index in [4.69, 9.17) is 17.3 Å². The highest BCUT2D eigenvalue weighted by molar-refractivity contribution is 9.10. The second-order valence-corrected chi connectivity index (χ2v) is 5.93. The highest BCUT2D eigenvalue weighted by Gasteiger charge is 2.22. The summed E-state index contributed by atoms with van der Waals surface area (Å²) in [5.74, 6) is 0. The molecule has 0 fully saturated rings. The van der Waals surface area contributed by atoms with Crippen molar-refractivity contribution in [3.05, 3.63) is 51.2 Å². The Balaban J connectivity index is 2.44. The van der Waals surface area contributed by atoms with Gasteiger partial charge in [-0.25, -0.2) is 0 Å². The molecule has 5 heteroatoms. The molecular formula is C14H17BrClN3. The van der Waals surface area contributed by atoms with Crippen molar-refractivity contribution in [3.63, 3.8) is 0 Å². The minimum atomic E-state index is -0.00320. The molecule has 0 saturated heterocycles. The van der Waals surface area contributed by atoms with E-state index in [1.165, 1.54) is 0 Å². The van der Waals surface area contributed by atoms with E-state index in [0.29, 0.717) is 5.02 Å². The van der Waals surface area contributed by atoms with E-state index in [-0.39, 0.29) is 12.1 Å². The quantitative estimate of drug-likeness (QED) is 0.914. The Morgan fingerprint density at radius 1 is 1.37 bits per heavy atom. The molecule has 0 amide bonds. The first kappa shape index (κ1) is 14.6. The third-order valence-corrected chi connectivity index (χ3v) is 4.13. The molecule has 102 valence electrons. The molecule has 2 N–H and O–H groups in total. The van der Waals surface area contributed by atoms with Gasteiger partial charge in [0.05, 0.1) is 16.8 Å². The zero-order valence-electron chi connectivity index (χ0n) is 11.0. The van der Waals surface area contributed by atoms with Crippen molar-refractivity contribution in [2.75, 3.05) is 0 Å². The fourth-order valence-electron chi connectivity index (χ4n) is 2.08. The summed E-state index contributed by atoms with van der Waals surface area (Å²) in [4.78, 5) is 0. The average Bonchev–Trinajstić information content (AvgIpc) is 2.71. The lowest BCUT2D eigenvalue weighted by Crippen LogP contribution is -2.32. The van der Waals surface area contributed by atoms with Crippen molar-refractivity contribution in [2.45, 2.75) is 32.4 Å². The zero-order valence-corrected chi connectivity index (χ0v) is 13.3. The van der Waals surface area contributed by atoms with Gasteiger partial charge in [-0.15, -0.1) is 0 Å². The van der Waals surface area contributed by atoms with E-state index in [9.17, 15) is 0 Å². The number of benzene rings is 1. The molecule has 3 nitrogen and oxygen atoms in total. The van der Waals surface area contributed by atoms with Crippen molar-refractivity contribution >= 4 is 27.5 Å². The molecule has 19 heavy (non-hydrogen) atoms. The Labute approximate surface area is 126 Å². The molecule has 0 saturated carbocycles. The smallest absolute Gasteiger partial charge is 0.0919 e. The van der Waals surface area contributed by atoms with Crippen LogP contribution in [-0.2, 0) is 0 Å². The number of hydrogen-bond donors (Lipinski definition) is 1. The third kappa shape index (κ3) is 3.19. The summed E-state index contributed by atoms with van der Waals surface area (Å²) in [7, 11) is 0. The summed E-state index contributed by atoms with van der Waals surface area (Å²) < 4.78 is 2.92. The molecule has 0 aliphatic carbocycles. The first-order valence-corrected chi connectivity index (χ1v) is 7.42. The number of hydrogen-bond acceptors (Lipinski definition) is 2. The van der Waals surface area contributed by atoms with Crippen LogP contribution in [0.15, 0.2) is 34.9 Å². The average molecular weight is 343 g/mol. The maximum absolute atomic E-state index is 6.26. The van der Waals surface area contributed by atoms with Gasteiger partial charge in [0.15, 0.2) is 0 Å². The first-order chi connectivity index (χ1) is 9.02. The lowest BCUT2D eigenvalue weighted by molar-refractivity contribution is 0.422. The predicted octanol–water partition coefficient (Wildman–Crippen LogP) is 3.93. The lowest BCUT2D eigenvalue weighted by Gasteiger charge is -2.24. The summed E-state index contributed by atoms with van der Waals surface area (Å²) in [5.41, 5.74) is 8.22. The van der Waals surface area contributed by atoms with E-state index >= 15 is 0 Å². The van der Waals surface area contributed by atoms with E-state index < -0.39 is 0 Å². The molecule has 2 aromatic rings. The number of nitrogens with two attached hydrogens (primary N) is 1. The van der Waals surface area contributed by atoms with Gasteiger partial charge in [-0.05, 0) is 31.0 Å². The van der Waals surface area contributed by atoms with Crippen LogP contribution in [0.4, 0.5) is 0 Å². The van der Waals surface area contributed by atoms with Gasteiger partial charge in [0.25, 0.3) is 0 Å². The standard InChI is InChI=1S/C14H17BrClN3/c1-3-13(17)14(10-4-6-11(15)7-5-10)19-8-12(16)9(2)18-19/h4-8,13-14H,3,17H2,1-2H3. The number of aromatic nitrogens is 2. The number of nitrogens with zero attached hydrogens (tertiary/aromatic N) is 2. The van der Waals surface area contributed by atoms with Crippen molar-refractivity contribution < 1.29 is 0 Å². The van der Waals surface area contributed by atoms with Crippen LogP contribution in [0.5, 0.6) is 0 Å². The molecule has 2 rings (SSSR count). The van der Waals surface area contributed by atoms with Crippen LogP contribution in [0.3, 0.4) is 0 Å². The van der Waals surface area contributed by atoms with E-state index in [0.717, 1.165) is 22.2 Å². The lowest BCUT2D eigenvalue weighted by atomic mass is 9.98. The van der Waals surface area contributed by atoms with Gasteiger partial charge in [0.2, 0.25) is 0 Å². The van der Waals surface area contributed by atoms with Gasteiger partial charge in [-0.1, -0.05) is 46.6 Å². The molecule has 0 aliphatic heterocycles. The van der Waals surface area contributed by atoms with Crippen LogP contribution in [0.25, 0.3) is 0 Å². The van der Waals surface area contributed by atoms with E-state index in [1.807, 2.05) is 29.9 Å². The summed E-state index contributed by atoms with van der Waals surface area (Å²) in [6, 6.07) is 8.16. The minimum absolute atomic E-state index is 0.00320. The molecule has 1 heterocycles. The zero-order chi connectivity index (χ0) is 14.0. The maximum atomic E-state index is 6.26. The number of aryl methyl sites for hydroxylation is 1. The molecule has 2 atom stereocenters. The van der Waals surface area contributed by atoms with Gasteiger partial charge >= 0.3 is 0 Å². The number of rotatable bonds is 4. The molecule has 0 radical (unpaired) electrons. The summed E-state index contributed by atoms with van der Waals surface area (Å²) >= 11 is 9.55. The second kappa shape index (κ2) is 6.07. The van der Waals surface area contributed by atoms with Crippen molar-refractivity contribution in [2.24, 2.45) is 5.73 Å². The molecule has 1 aromatic heterocycles. The molecule has 0 spiro atoms. The van der Waals surface area contributed by atoms with Crippen LogP contribution in [0, 0.1) is 6.92 Å². The van der Waals surface area contributed by atoms with Gasteiger partial charge < -0.3 is 5.73 Å². The Hall–Kier alpha value is -0.840. The molecule has 1 aromatic carbocycles. The van der Waals surface area contributed by atoms with Gasteiger partial charge in [0.1, 0.15) is 0 Å². The highest BCUT2D eigenvalue weighted by Crippen LogP contribution is 2.26. The Morgan fingerprint density at radius 3 is 2.47 bits per heavy atom. The van der Waals surface area contributed by atoms with Gasteiger partial charge in [-0.2, -0.15) is 5.10 Å². The first-order valence-electron chi connectivity index (χ1n) is 6.25. The Morgan fingerprint density at radius 2 is 2.00 bits per heavy atom. The molecule has 0 aliphatic rings. The van der Waals surface area contributed by atoms with Crippen molar-refractivity contribution in [3.8, 4) is 0 Å². The van der Waals surface area contributed by atoms with Gasteiger partial charge in [0, 0.05) is 16.7 Å². The monoisotopic (exact) mass is 341 g/mol. The summed E-state index contributed by atoms with van der Waals surface area (Å²) in [6.07, 6.45) is 2.72. The van der Waals surface area contributed by atoms with E-state index in [2.05, 4.69) is 40.1 Å². The predicted molar refractivity (Wildman–Crippen MR) is 82.5 cm³/mol.